The molecule has 0 aliphatic carbocycles. The van der Waals surface area contributed by atoms with Crippen molar-refractivity contribution in [1.82, 2.24) is 14.8 Å². The lowest BCUT2D eigenvalue weighted by Gasteiger charge is -2.09. The van der Waals surface area contributed by atoms with Crippen molar-refractivity contribution < 1.29 is 4.39 Å². The first-order valence-corrected chi connectivity index (χ1v) is 7.35. The number of halogens is 2. The number of nitrogens with zero attached hydrogens (tertiary/aromatic N) is 3. The van der Waals surface area contributed by atoms with E-state index in [9.17, 15) is 9.18 Å². The van der Waals surface area contributed by atoms with Crippen LogP contribution in [0, 0.1) is 12.7 Å². The summed E-state index contributed by atoms with van der Waals surface area (Å²) < 4.78 is 14.7. The SMILES string of the molecule is Cc1cc(-c2cncc(F)c2)nn(Cc2ccc(Cl)cc2)c1=O. The van der Waals surface area contributed by atoms with Gasteiger partial charge in [0.25, 0.3) is 5.56 Å². The van der Waals surface area contributed by atoms with Crippen molar-refractivity contribution in [2.45, 2.75) is 13.5 Å². The molecule has 0 unspecified atom stereocenters. The van der Waals surface area contributed by atoms with Gasteiger partial charge in [0.1, 0.15) is 5.82 Å². The summed E-state index contributed by atoms with van der Waals surface area (Å²) in [6.07, 6.45) is 2.64. The van der Waals surface area contributed by atoms with Crippen LogP contribution >= 0.6 is 11.6 Å². The molecule has 0 saturated carbocycles. The number of rotatable bonds is 3. The van der Waals surface area contributed by atoms with E-state index in [4.69, 9.17) is 11.6 Å². The van der Waals surface area contributed by atoms with Gasteiger partial charge in [0.2, 0.25) is 0 Å². The van der Waals surface area contributed by atoms with E-state index in [0.717, 1.165) is 11.8 Å². The van der Waals surface area contributed by atoms with E-state index in [1.54, 1.807) is 25.1 Å². The molecular weight excluding hydrogens is 317 g/mol. The zero-order valence-electron chi connectivity index (χ0n) is 12.3. The number of benzene rings is 1. The highest BCUT2D eigenvalue weighted by atomic mass is 35.5. The average Bonchev–Trinajstić information content (AvgIpc) is 2.53. The molecule has 0 fully saturated rings. The molecule has 2 heterocycles. The van der Waals surface area contributed by atoms with Crippen LogP contribution in [-0.2, 0) is 6.54 Å². The predicted octanol–water partition coefficient (Wildman–Crippen LogP) is 3.45. The Bertz CT molecular complexity index is 906. The van der Waals surface area contributed by atoms with Crippen LogP contribution in [0.3, 0.4) is 0 Å². The summed E-state index contributed by atoms with van der Waals surface area (Å²) in [5, 5.41) is 4.96. The van der Waals surface area contributed by atoms with Gasteiger partial charge in [-0.2, -0.15) is 5.10 Å². The van der Waals surface area contributed by atoms with Crippen molar-refractivity contribution in [1.29, 1.82) is 0 Å². The van der Waals surface area contributed by atoms with E-state index in [-0.39, 0.29) is 5.56 Å². The van der Waals surface area contributed by atoms with Gasteiger partial charge in [-0.1, -0.05) is 23.7 Å². The zero-order chi connectivity index (χ0) is 16.4. The van der Waals surface area contributed by atoms with E-state index in [0.29, 0.717) is 28.4 Å². The van der Waals surface area contributed by atoms with Gasteiger partial charge >= 0.3 is 0 Å². The second kappa shape index (κ2) is 6.30. The molecule has 0 spiro atoms. The van der Waals surface area contributed by atoms with Crippen LogP contribution in [0.25, 0.3) is 11.3 Å². The highest BCUT2D eigenvalue weighted by Crippen LogP contribution is 2.17. The standard InChI is InChI=1S/C17H13ClFN3O/c1-11-6-16(13-7-15(19)9-20-8-13)21-22(17(11)23)10-12-2-4-14(18)5-3-12/h2-9H,10H2,1H3. The maximum absolute atomic E-state index is 13.3. The fourth-order valence-corrected chi connectivity index (χ4v) is 2.36. The third kappa shape index (κ3) is 3.46. The molecule has 6 heteroatoms. The summed E-state index contributed by atoms with van der Waals surface area (Å²) in [5.41, 5.74) is 2.28. The summed E-state index contributed by atoms with van der Waals surface area (Å²) in [4.78, 5) is 16.1. The van der Waals surface area contributed by atoms with Crippen LogP contribution in [0.15, 0.2) is 53.6 Å². The van der Waals surface area contributed by atoms with Crippen LogP contribution in [0.1, 0.15) is 11.1 Å². The maximum atomic E-state index is 13.3. The molecule has 0 bridgehead atoms. The van der Waals surface area contributed by atoms with Gasteiger partial charge in [-0.3, -0.25) is 9.78 Å². The summed E-state index contributed by atoms with van der Waals surface area (Å²) >= 11 is 5.86. The molecule has 0 N–H and O–H groups in total. The molecule has 2 aromatic heterocycles. The van der Waals surface area contributed by atoms with Crippen LogP contribution in [0.5, 0.6) is 0 Å². The molecule has 0 radical (unpaired) electrons. The Morgan fingerprint density at radius 3 is 2.61 bits per heavy atom. The Morgan fingerprint density at radius 1 is 1.17 bits per heavy atom. The van der Waals surface area contributed by atoms with E-state index in [1.807, 2.05) is 12.1 Å². The number of hydrogen-bond acceptors (Lipinski definition) is 3. The molecule has 3 aromatic rings. The minimum absolute atomic E-state index is 0.187. The van der Waals surface area contributed by atoms with Gasteiger partial charge in [-0.15, -0.1) is 0 Å². The molecule has 3 rings (SSSR count). The summed E-state index contributed by atoms with van der Waals surface area (Å²) in [6, 6.07) is 10.2. The predicted molar refractivity (Wildman–Crippen MR) is 87.0 cm³/mol. The van der Waals surface area contributed by atoms with Crippen molar-refractivity contribution in [2.24, 2.45) is 0 Å². The van der Waals surface area contributed by atoms with Crippen LogP contribution in [-0.4, -0.2) is 14.8 Å². The molecule has 0 aliphatic heterocycles. The smallest absolute Gasteiger partial charge is 0.268 e. The van der Waals surface area contributed by atoms with Gasteiger partial charge in [-0.05, 0) is 36.8 Å². The van der Waals surface area contributed by atoms with E-state index in [2.05, 4.69) is 10.1 Å². The number of aromatic nitrogens is 3. The molecule has 23 heavy (non-hydrogen) atoms. The van der Waals surface area contributed by atoms with Crippen LogP contribution < -0.4 is 5.56 Å². The lowest BCUT2D eigenvalue weighted by Crippen LogP contribution is -2.25. The first kappa shape index (κ1) is 15.4. The maximum Gasteiger partial charge on any atom is 0.270 e. The van der Waals surface area contributed by atoms with Gasteiger partial charge < -0.3 is 0 Å². The highest BCUT2D eigenvalue weighted by Gasteiger charge is 2.09. The van der Waals surface area contributed by atoms with Crippen molar-refractivity contribution in [3.05, 3.63) is 81.1 Å². The van der Waals surface area contributed by atoms with Crippen LogP contribution in [0.4, 0.5) is 4.39 Å². The monoisotopic (exact) mass is 329 g/mol. The topological polar surface area (TPSA) is 47.8 Å². The second-order valence-corrected chi connectivity index (χ2v) is 5.63. The largest absolute Gasteiger partial charge is 0.270 e. The summed E-state index contributed by atoms with van der Waals surface area (Å²) in [5.74, 6) is -0.447. The van der Waals surface area contributed by atoms with Crippen molar-refractivity contribution in [3.8, 4) is 11.3 Å². The third-order valence-corrected chi connectivity index (χ3v) is 3.65. The van der Waals surface area contributed by atoms with Crippen LogP contribution in [0.2, 0.25) is 5.02 Å². The normalized spacial score (nSPS) is 10.7. The third-order valence-electron chi connectivity index (χ3n) is 3.40. The second-order valence-electron chi connectivity index (χ2n) is 5.19. The van der Waals surface area contributed by atoms with Gasteiger partial charge in [0, 0.05) is 22.3 Å². The molecule has 0 atom stereocenters. The Labute approximate surface area is 137 Å². The van der Waals surface area contributed by atoms with Gasteiger partial charge in [0.15, 0.2) is 0 Å². The zero-order valence-corrected chi connectivity index (χ0v) is 13.1. The van der Waals surface area contributed by atoms with E-state index in [1.165, 1.54) is 16.9 Å². The molecule has 4 nitrogen and oxygen atoms in total. The van der Waals surface area contributed by atoms with Crippen molar-refractivity contribution >= 4 is 11.6 Å². The Morgan fingerprint density at radius 2 is 1.91 bits per heavy atom. The fourth-order valence-electron chi connectivity index (χ4n) is 2.24. The molecule has 0 amide bonds. The molecular formula is C17H13ClFN3O. The lowest BCUT2D eigenvalue weighted by molar-refractivity contribution is 0.619. The van der Waals surface area contributed by atoms with E-state index < -0.39 is 5.82 Å². The van der Waals surface area contributed by atoms with Crippen molar-refractivity contribution in [2.75, 3.05) is 0 Å². The first-order chi connectivity index (χ1) is 11.0. The van der Waals surface area contributed by atoms with Crippen molar-refractivity contribution in [3.63, 3.8) is 0 Å². The Balaban J connectivity index is 2.03. The van der Waals surface area contributed by atoms with Gasteiger partial charge in [-0.25, -0.2) is 9.07 Å². The van der Waals surface area contributed by atoms with E-state index >= 15 is 0 Å². The quantitative estimate of drug-likeness (QED) is 0.739. The number of pyridine rings is 1. The number of aryl methyl sites for hydroxylation is 1. The lowest BCUT2D eigenvalue weighted by atomic mass is 10.1. The Hall–Kier alpha value is -2.53. The number of hydrogen-bond donors (Lipinski definition) is 0. The molecule has 116 valence electrons. The molecule has 1 aromatic carbocycles. The summed E-state index contributed by atoms with van der Waals surface area (Å²) in [6.45, 7) is 2.02. The minimum atomic E-state index is -0.447. The Kier molecular flexibility index (Phi) is 4.21. The summed E-state index contributed by atoms with van der Waals surface area (Å²) in [7, 11) is 0. The first-order valence-electron chi connectivity index (χ1n) is 6.97. The average molecular weight is 330 g/mol. The fraction of sp³-hybridized carbons (Fsp3) is 0.118. The molecule has 0 saturated heterocycles. The minimum Gasteiger partial charge on any atom is -0.268 e. The van der Waals surface area contributed by atoms with Gasteiger partial charge in [0.05, 0.1) is 18.4 Å². The molecule has 0 aliphatic rings. The highest BCUT2D eigenvalue weighted by molar-refractivity contribution is 6.30.